The van der Waals surface area contributed by atoms with Crippen molar-refractivity contribution in [3.05, 3.63) is 35.1 Å². The molecule has 1 fully saturated rings. The molecule has 1 amide bonds. The molecule has 6 heteroatoms. The number of aryl methyl sites for hydroxylation is 1. The second-order valence-corrected chi connectivity index (χ2v) is 5.35. The Morgan fingerprint density at radius 3 is 2.67 bits per heavy atom. The van der Waals surface area contributed by atoms with E-state index in [0.29, 0.717) is 31.6 Å². The van der Waals surface area contributed by atoms with Crippen LogP contribution in [0.5, 0.6) is 0 Å². The van der Waals surface area contributed by atoms with Crippen LogP contribution in [0.15, 0.2) is 18.2 Å². The molecule has 1 aromatic rings. The molecule has 0 spiro atoms. The van der Waals surface area contributed by atoms with Crippen LogP contribution in [0.25, 0.3) is 0 Å². The number of amides is 1. The van der Waals surface area contributed by atoms with Crippen molar-refractivity contribution in [2.75, 3.05) is 13.2 Å². The lowest BCUT2D eigenvalue weighted by molar-refractivity contribution is -0.139. The Bertz CT molecular complexity index is 553. The van der Waals surface area contributed by atoms with E-state index in [1.165, 1.54) is 6.07 Å². The Kier molecular flexibility index (Phi) is 4.57. The molecule has 0 radical (unpaired) electrons. The zero-order valence-corrected chi connectivity index (χ0v) is 11.8. The number of halogens is 1. The fraction of sp³-hybridized carbons (Fsp3) is 0.467. The van der Waals surface area contributed by atoms with Gasteiger partial charge in [-0.05, 0) is 31.4 Å². The van der Waals surface area contributed by atoms with Crippen LogP contribution in [0.4, 0.5) is 4.39 Å². The third-order valence-corrected chi connectivity index (χ3v) is 3.75. The average Bonchev–Trinajstić information content (AvgIpc) is 2.41. The number of carbonyl (C=O) groups excluding carboxylic acids is 1. The molecule has 2 rings (SSSR count). The Labute approximate surface area is 122 Å². The standard InChI is InChI=1S/C15H18FNO4/c1-10-3-2-4-11(13(10)16)14(20)17-15(9-12(18)19)5-7-21-8-6-15/h2-4H,5-9H2,1H3,(H,17,20)(H,18,19). The van der Waals surface area contributed by atoms with Crippen LogP contribution in [-0.4, -0.2) is 35.7 Å². The lowest BCUT2D eigenvalue weighted by atomic mass is 9.86. The zero-order chi connectivity index (χ0) is 15.5. The van der Waals surface area contributed by atoms with Gasteiger partial charge >= 0.3 is 5.97 Å². The topological polar surface area (TPSA) is 75.6 Å². The highest BCUT2D eigenvalue weighted by Gasteiger charge is 2.37. The molecule has 5 nitrogen and oxygen atoms in total. The fourth-order valence-electron chi connectivity index (χ4n) is 2.53. The van der Waals surface area contributed by atoms with Crippen molar-refractivity contribution in [3.63, 3.8) is 0 Å². The van der Waals surface area contributed by atoms with Crippen molar-refractivity contribution in [1.82, 2.24) is 5.32 Å². The normalized spacial score (nSPS) is 17.2. The van der Waals surface area contributed by atoms with Crippen molar-refractivity contribution in [1.29, 1.82) is 0 Å². The maximum absolute atomic E-state index is 14.0. The quantitative estimate of drug-likeness (QED) is 0.889. The number of carbonyl (C=O) groups is 2. The molecule has 2 N–H and O–H groups in total. The van der Waals surface area contributed by atoms with Crippen LogP contribution < -0.4 is 5.32 Å². The molecule has 1 heterocycles. The fourth-order valence-corrected chi connectivity index (χ4v) is 2.53. The van der Waals surface area contributed by atoms with Gasteiger partial charge in [0.05, 0.1) is 17.5 Å². The maximum atomic E-state index is 14.0. The molecule has 0 unspecified atom stereocenters. The summed E-state index contributed by atoms with van der Waals surface area (Å²) in [5, 5.41) is 11.8. The smallest absolute Gasteiger partial charge is 0.305 e. The van der Waals surface area contributed by atoms with Gasteiger partial charge in [0.2, 0.25) is 0 Å². The third-order valence-electron chi connectivity index (χ3n) is 3.75. The first-order valence-corrected chi connectivity index (χ1v) is 6.81. The van der Waals surface area contributed by atoms with Gasteiger partial charge in [-0.25, -0.2) is 4.39 Å². The summed E-state index contributed by atoms with van der Waals surface area (Å²) in [5.41, 5.74) is -0.565. The largest absolute Gasteiger partial charge is 0.481 e. The molecule has 114 valence electrons. The Morgan fingerprint density at radius 1 is 1.38 bits per heavy atom. The lowest BCUT2D eigenvalue weighted by Crippen LogP contribution is -2.53. The van der Waals surface area contributed by atoms with Crippen LogP contribution in [0.1, 0.15) is 35.2 Å². The molecule has 0 aliphatic carbocycles. The van der Waals surface area contributed by atoms with Crippen molar-refractivity contribution >= 4 is 11.9 Å². The zero-order valence-electron chi connectivity index (χ0n) is 11.8. The monoisotopic (exact) mass is 295 g/mol. The SMILES string of the molecule is Cc1cccc(C(=O)NC2(CC(=O)O)CCOCC2)c1F. The van der Waals surface area contributed by atoms with E-state index in [1.807, 2.05) is 0 Å². The molecule has 1 saturated heterocycles. The first kappa shape index (κ1) is 15.4. The van der Waals surface area contributed by atoms with E-state index in [9.17, 15) is 14.0 Å². The van der Waals surface area contributed by atoms with Crippen molar-refractivity contribution in [2.45, 2.75) is 31.7 Å². The van der Waals surface area contributed by atoms with Gasteiger partial charge < -0.3 is 15.2 Å². The summed E-state index contributed by atoms with van der Waals surface area (Å²) in [6.07, 6.45) is 0.604. The van der Waals surface area contributed by atoms with Crippen LogP contribution in [0.2, 0.25) is 0 Å². The minimum atomic E-state index is -0.998. The second-order valence-electron chi connectivity index (χ2n) is 5.35. The predicted octanol–water partition coefficient (Wildman–Crippen LogP) is 1.89. The first-order chi connectivity index (χ1) is 9.93. The van der Waals surface area contributed by atoms with Crippen molar-refractivity contribution in [2.24, 2.45) is 0 Å². The molecule has 0 atom stereocenters. The number of ether oxygens (including phenoxy) is 1. The summed E-state index contributed by atoms with van der Waals surface area (Å²) >= 11 is 0. The highest BCUT2D eigenvalue weighted by Crippen LogP contribution is 2.25. The number of benzene rings is 1. The second kappa shape index (κ2) is 6.22. The molecule has 0 saturated carbocycles. The van der Waals surface area contributed by atoms with Crippen molar-refractivity contribution < 1.29 is 23.8 Å². The lowest BCUT2D eigenvalue weighted by Gasteiger charge is -2.36. The molecule has 21 heavy (non-hydrogen) atoms. The summed E-state index contributed by atoms with van der Waals surface area (Å²) in [5.74, 6) is -2.16. The van der Waals surface area contributed by atoms with E-state index >= 15 is 0 Å². The van der Waals surface area contributed by atoms with Crippen LogP contribution in [0, 0.1) is 12.7 Å². The van der Waals surface area contributed by atoms with E-state index < -0.39 is 23.2 Å². The van der Waals surface area contributed by atoms with Gasteiger partial charge in [-0.15, -0.1) is 0 Å². The number of hydrogen-bond acceptors (Lipinski definition) is 3. The summed E-state index contributed by atoms with van der Waals surface area (Å²) in [4.78, 5) is 23.3. The van der Waals surface area contributed by atoms with E-state index in [4.69, 9.17) is 9.84 Å². The number of rotatable bonds is 4. The van der Waals surface area contributed by atoms with Crippen molar-refractivity contribution in [3.8, 4) is 0 Å². The summed E-state index contributed by atoms with van der Waals surface area (Å²) in [7, 11) is 0. The molecule has 1 aromatic carbocycles. The number of aliphatic carboxylic acids is 1. The molecule has 1 aliphatic heterocycles. The third kappa shape index (κ3) is 3.58. The Balaban J connectivity index is 2.21. The molecular weight excluding hydrogens is 277 g/mol. The van der Waals surface area contributed by atoms with Gasteiger partial charge in [-0.1, -0.05) is 12.1 Å². The van der Waals surface area contributed by atoms with Gasteiger partial charge in [0.25, 0.3) is 5.91 Å². The molecule has 0 bridgehead atoms. The maximum Gasteiger partial charge on any atom is 0.305 e. The number of nitrogens with one attached hydrogen (secondary N) is 1. The Morgan fingerprint density at radius 2 is 2.05 bits per heavy atom. The van der Waals surface area contributed by atoms with Crippen LogP contribution >= 0.6 is 0 Å². The van der Waals surface area contributed by atoms with Gasteiger partial charge in [0.1, 0.15) is 5.82 Å². The van der Waals surface area contributed by atoms with E-state index in [1.54, 1.807) is 19.1 Å². The number of hydrogen-bond donors (Lipinski definition) is 2. The summed E-state index contributed by atoms with van der Waals surface area (Å²) < 4.78 is 19.2. The number of carboxylic acid groups (broad SMARTS) is 1. The van der Waals surface area contributed by atoms with Crippen LogP contribution in [-0.2, 0) is 9.53 Å². The minimum Gasteiger partial charge on any atom is -0.481 e. The average molecular weight is 295 g/mol. The number of carboxylic acids is 1. The van der Waals surface area contributed by atoms with Gasteiger partial charge in [0.15, 0.2) is 0 Å². The van der Waals surface area contributed by atoms with E-state index in [0.717, 1.165) is 0 Å². The minimum absolute atomic E-state index is 0.0637. The highest BCUT2D eigenvalue weighted by molar-refractivity contribution is 5.95. The molecule has 1 aliphatic rings. The highest BCUT2D eigenvalue weighted by atomic mass is 19.1. The Hall–Kier alpha value is -1.95. The summed E-state index contributed by atoms with van der Waals surface area (Å²) in [6, 6.07) is 4.57. The predicted molar refractivity (Wildman–Crippen MR) is 73.6 cm³/mol. The molecule has 0 aromatic heterocycles. The van der Waals surface area contributed by atoms with Gasteiger partial charge in [0, 0.05) is 13.2 Å². The van der Waals surface area contributed by atoms with Gasteiger partial charge in [-0.3, -0.25) is 9.59 Å². The summed E-state index contributed by atoms with van der Waals surface area (Å²) in [6.45, 7) is 2.33. The molecular formula is C15H18FNO4. The van der Waals surface area contributed by atoms with E-state index in [-0.39, 0.29) is 12.0 Å². The van der Waals surface area contributed by atoms with Gasteiger partial charge in [-0.2, -0.15) is 0 Å². The first-order valence-electron chi connectivity index (χ1n) is 6.81. The van der Waals surface area contributed by atoms with E-state index in [2.05, 4.69) is 5.32 Å². The van der Waals surface area contributed by atoms with Crippen LogP contribution in [0.3, 0.4) is 0 Å².